The summed E-state index contributed by atoms with van der Waals surface area (Å²) in [6.45, 7) is 8.04. The van der Waals surface area contributed by atoms with Gasteiger partial charge in [-0.3, -0.25) is 4.79 Å². The van der Waals surface area contributed by atoms with Crippen molar-refractivity contribution >= 4 is 22.4 Å². The van der Waals surface area contributed by atoms with E-state index >= 15 is 0 Å². The molecule has 7 nitrogen and oxygen atoms in total. The molecule has 3 aromatic rings. The lowest BCUT2D eigenvalue weighted by atomic mass is 9.93. The number of aryl methyl sites for hydroxylation is 1. The SMILES string of the molecule is COC[C@H]1N(c2nc(-c3cc(C)ccc3OCc3ccc4c(c3C)CCNC4)cs2)CC2C[C@@]21C(=O)OC. The number of thiazole rings is 1. The van der Waals surface area contributed by atoms with Gasteiger partial charge in [-0.1, -0.05) is 23.8 Å². The molecule has 1 saturated heterocycles. The number of fused-ring (bicyclic) bond motifs is 2. The van der Waals surface area contributed by atoms with E-state index in [1.807, 2.05) is 6.07 Å². The minimum atomic E-state index is -0.475. The zero-order valence-electron chi connectivity index (χ0n) is 22.5. The van der Waals surface area contributed by atoms with Crippen molar-refractivity contribution in [1.82, 2.24) is 10.3 Å². The molecular formula is C30H35N3O4S. The van der Waals surface area contributed by atoms with Crippen LogP contribution in [0.25, 0.3) is 11.3 Å². The monoisotopic (exact) mass is 533 g/mol. The van der Waals surface area contributed by atoms with E-state index in [1.165, 1.54) is 29.4 Å². The summed E-state index contributed by atoms with van der Waals surface area (Å²) in [6.07, 6.45) is 1.92. The maximum atomic E-state index is 12.7. The van der Waals surface area contributed by atoms with Crippen molar-refractivity contribution in [3.63, 3.8) is 0 Å². The van der Waals surface area contributed by atoms with Gasteiger partial charge in [0.25, 0.3) is 0 Å². The van der Waals surface area contributed by atoms with Crippen LogP contribution in [0.1, 0.15) is 34.2 Å². The molecule has 3 heterocycles. The summed E-state index contributed by atoms with van der Waals surface area (Å²) in [5, 5.41) is 6.45. The van der Waals surface area contributed by atoms with Crippen molar-refractivity contribution in [2.75, 3.05) is 38.8 Å². The molecule has 0 spiro atoms. The van der Waals surface area contributed by atoms with Crippen LogP contribution in [0, 0.1) is 25.2 Å². The minimum Gasteiger partial charge on any atom is -0.488 e. The molecule has 2 fully saturated rings. The standard InChI is InChI=1S/C30H35N3O4S/c1-18-5-8-26(37-15-21-7-6-20-13-31-10-9-23(20)19(21)2)24(11-18)25-17-38-29(32-25)33-14-22-12-30(22,28(34)36-4)27(33)16-35-3/h5-8,11,17,22,27,31H,9-10,12-16H2,1-4H3/t22?,27-,30-/m1/s1. The number of hydrogen-bond acceptors (Lipinski definition) is 8. The Morgan fingerprint density at radius 1 is 1.24 bits per heavy atom. The summed E-state index contributed by atoms with van der Waals surface area (Å²) in [4.78, 5) is 20.0. The number of carbonyl (C=O) groups is 1. The number of rotatable bonds is 8. The van der Waals surface area contributed by atoms with Crippen molar-refractivity contribution < 1.29 is 19.0 Å². The molecule has 0 bridgehead atoms. The number of aromatic nitrogens is 1. The van der Waals surface area contributed by atoms with E-state index in [9.17, 15) is 4.79 Å². The van der Waals surface area contributed by atoms with Crippen LogP contribution in [-0.4, -0.2) is 50.9 Å². The van der Waals surface area contributed by atoms with Crippen LogP contribution in [0.4, 0.5) is 5.13 Å². The predicted molar refractivity (Wildman–Crippen MR) is 149 cm³/mol. The zero-order chi connectivity index (χ0) is 26.4. The Hall–Kier alpha value is -2.94. The largest absolute Gasteiger partial charge is 0.488 e. The molecule has 1 unspecified atom stereocenters. The molecule has 3 aliphatic rings. The highest BCUT2D eigenvalue weighted by Crippen LogP contribution is 2.63. The van der Waals surface area contributed by atoms with Gasteiger partial charge in [-0.15, -0.1) is 11.3 Å². The Labute approximate surface area is 228 Å². The molecule has 0 amide bonds. The second-order valence-electron chi connectivity index (χ2n) is 10.8. The van der Waals surface area contributed by atoms with Gasteiger partial charge in [0.2, 0.25) is 0 Å². The molecule has 1 saturated carbocycles. The molecule has 1 aromatic heterocycles. The normalized spacial score (nSPS) is 23.6. The van der Waals surface area contributed by atoms with Gasteiger partial charge in [0, 0.05) is 31.1 Å². The summed E-state index contributed by atoms with van der Waals surface area (Å²) < 4.78 is 17.2. The minimum absolute atomic E-state index is 0.0700. The molecule has 1 aliphatic carbocycles. The molecule has 38 heavy (non-hydrogen) atoms. The van der Waals surface area contributed by atoms with Crippen molar-refractivity contribution in [1.29, 1.82) is 0 Å². The van der Waals surface area contributed by atoms with E-state index in [4.69, 9.17) is 19.2 Å². The van der Waals surface area contributed by atoms with Crippen LogP contribution >= 0.6 is 11.3 Å². The van der Waals surface area contributed by atoms with Crippen LogP contribution < -0.4 is 15.0 Å². The van der Waals surface area contributed by atoms with Gasteiger partial charge in [-0.25, -0.2) is 4.98 Å². The highest BCUT2D eigenvalue weighted by Gasteiger charge is 2.71. The number of piperidine rings is 1. The number of hydrogen-bond donors (Lipinski definition) is 1. The number of benzene rings is 2. The Morgan fingerprint density at radius 2 is 2.11 bits per heavy atom. The number of nitrogens with one attached hydrogen (secondary N) is 1. The number of carbonyl (C=O) groups excluding carboxylic acids is 1. The topological polar surface area (TPSA) is 72.9 Å². The second kappa shape index (κ2) is 9.98. The van der Waals surface area contributed by atoms with Gasteiger partial charge >= 0.3 is 5.97 Å². The lowest BCUT2D eigenvalue weighted by Crippen LogP contribution is -2.44. The number of methoxy groups -OCH3 is 2. The predicted octanol–water partition coefficient (Wildman–Crippen LogP) is 4.67. The van der Waals surface area contributed by atoms with E-state index in [0.29, 0.717) is 13.2 Å². The molecule has 2 aromatic carbocycles. The second-order valence-corrected chi connectivity index (χ2v) is 11.6. The molecule has 6 rings (SSSR count). The number of ether oxygens (including phenoxy) is 3. The number of nitrogens with zero attached hydrogens (tertiary/aromatic N) is 2. The summed E-state index contributed by atoms with van der Waals surface area (Å²) in [6, 6.07) is 10.6. The molecule has 200 valence electrons. The highest BCUT2D eigenvalue weighted by atomic mass is 32.1. The van der Waals surface area contributed by atoms with Crippen LogP contribution in [0.5, 0.6) is 5.75 Å². The number of esters is 1. The van der Waals surface area contributed by atoms with E-state index in [1.54, 1.807) is 18.4 Å². The van der Waals surface area contributed by atoms with E-state index in [2.05, 4.69) is 53.7 Å². The molecule has 0 radical (unpaired) electrons. The van der Waals surface area contributed by atoms with Gasteiger partial charge in [0.1, 0.15) is 12.4 Å². The molecule has 8 heteroatoms. The third-order valence-corrected chi connectivity index (χ3v) is 9.52. The third-order valence-electron chi connectivity index (χ3n) is 8.64. The first-order valence-electron chi connectivity index (χ1n) is 13.3. The maximum Gasteiger partial charge on any atom is 0.314 e. The lowest BCUT2D eigenvalue weighted by Gasteiger charge is -2.30. The Morgan fingerprint density at radius 3 is 2.92 bits per heavy atom. The van der Waals surface area contributed by atoms with E-state index in [0.717, 1.165) is 60.2 Å². The third kappa shape index (κ3) is 4.19. The van der Waals surface area contributed by atoms with Crippen LogP contribution in [0.3, 0.4) is 0 Å². The van der Waals surface area contributed by atoms with Gasteiger partial charge in [-0.2, -0.15) is 0 Å². The van der Waals surface area contributed by atoms with Crippen molar-refractivity contribution in [3.05, 3.63) is 63.5 Å². The first kappa shape index (κ1) is 25.3. The smallest absolute Gasteiger partial charge is 0.314 e. The van der Waals surface area contributed by atoms with Crippen LogP contribution in [0.15, 0.2) is 35.7 Å². The average Bonchev–Trinajstić information content (AvgIpc) is 3.29. The first-order valence-corrected chi connectivity index (χ1v) is 14.2. The molecule has 3 atom stereocenters. The van der Waals surface area contributed by atoms with Gasteiger partial charge in [-0.05, 0) is 73.5 Å². The molecular weight excluding hydrogens is 498 g/mol. The lowest BCUT2D eigenvalue weighted by molar-refractivity contribution is -0.148. The van der Waals surface area contributed by atoms with Gasteiger partial charge < -0.3 is 24.4 Å². The fourth-order valence-electron chi connectivity index (χ4n) is 6.42. The Kier molecular flexibility index (Phi) is 6.66. The zero-order valence-corrected chi connectivity index (χ0v) is 23.3. The van der Waals surface area contributed by atoms with Crippen molar-refractivity contribution in [2.45, 2.75) is 45.9 Å². The van der Waals surface area contributed by atoms with E-state index in [-0.39, 0.29) is 17.9 Å². The highest BCUT2D eigenvalue weighted by molar-refractivity contribution is 7.14. The summed E-state index contributed by atoms with van der Waals surface area (Å²) in [5.74, 6) is 0.984. The Bertz CT molecular complexity index is 1370. The quantitative estimate of drug-likeness (QED) is 0.422. The first-order chi connectivity index (χ1) is 18.5. The summed E-state index contributed by atoms with van der Waals surface area (Å²) in [5.41, 5.74) is 7.97. The van der Waals surface area contributed by atoms with Gasteiger partial charge in [0.05, 0.1) is 30.9 Å². The molecule has 2 aliphatic heterocycles. The van der Waals surface area contributed by atoms with Crippen LogP contribution in [0.2, 0.25) is 0 Å². The summed E-state index contributed by atoms with van der Waals surface area (Å²) in [7, 11) is 3.16. The average molecular weight is 534 g/mol. The van der Waals surface area contributed by atoms with E-state index < -0.39 is 5.41 Å². The maximum absolute atomic E-state index is 12.7. The van der Waals surface area contributed by atoms with Crippen LogP contribution in [-0.2, 0) is 33.8 Å². The fourth-order valence-corrected chi connectivity index (χ4v) is 7.31. The Balaban J connectivity index is 1.25. The van der Waals surface area contributed by atoms with Crippen molar-refractivity contribution in [2.24, 2.45) is 11.3 Å². The fraction of sp³-hybridized carbons (Fsp3) is 0.467. The summed E-state index contributed by atoms with van der Waals surface area (Å²) >= 11 is 1.60. The number of anilines is 1. The van der Waals surface area contributed by atoms with Gasteiger partial charge in [0.15, 0.2) is 5.13 Å². The molecule has 1 N–H and O–H groups in total. The van der Waals surface area contributed by atoms with Crippen molar-refractivity contribution in [3.8, 4) is 17.0 Å².